The number of aliphatic hydroxyl groups excluding tert-OH is 1. The Kier molecular flexibility index (Phi) is 4.45. The number of ether oxygens (including phenoxy) is 1. The monoisotopic (exact) mass is 255 g/mol. The normalized spacial score (nSPS) is 29.6. The highest BCUT2D eigenvalue weighted by Gasteiger charge is 2.59. The van der Waals surface area contributed by atoms with Crippen LogP contribution in [-0.4, -0.2) is 50.0 Å². The van der Waals surface area contributed by atoms with E-state index < -0.39 is 0 Å². The Morgan fingerprint density at radius 1 is 1.50 bits per heavy atom. The van der Waals surface area contributed by atoms with E-state index in [-0.39, 0.29) is 6.61 Å². The van der Waals surface area contributed by atoms with Crippen LogP contribution in [0.2, 0.25) is 0 Å². The molecule has 1 spiro atoms. The summed E-state index contributed by atoms with van der Waals surface area (Å²) in [5.74, 6) is 0.787. The van der Waals surface area contributed by atoms with Gasteiger partial charge in [0, 0.05) is 31.7 Å². The Morgan fingerprint density at radius 3 is 2.78 bits per heavy atom. The van der Waals surface area contributed by atoms with Crippen molar-refractivity contribution in [2.45, 2.75) is 44.8 Å². The van der Waals surface area contributed by atoms with Crippen molar-refractivity contribution in [2.75, 3.05) is 26.8 Å². The molecule has 0 aromatic carbocycles. The summed E-state index contributed by atoms with van der Waals surface area (Å²) < 4.78 is 5.82. The highest BCUT2D eigenvalue weighted by Crippen LogP contribution is 2.57. The Hall–Kier alpha value is -0.810. The number of nitrogens with one attached hydrogen (secondary N) is 2. The van der Waals surface area contributed by atoms with Crippen molar-refractivity contribution in [1.82, 2.24) is 10.6 Å². The van der Waals surface area contributed by atoms with Crippen molar-refractivity contribution in [3.63, 3.8) is 0 Å². The summed E-state index contributed by atoms with van der Waals surface area (Å²) >= 11 is 0. The fourth-order valence-corrected chi connectivity index (χ4v) is 3.17. The van der Waals surface area contributed by atoms with Gasteiger partial charge in [0.2, 0.25) is 0 Å². The van der Waals surface area contributed by atoms with Crippen LogP contribution in [-0.2, 0) is 4.74 Å². The van der Waals surface area contributed by atoms with Gasteiger partial charge < -0.3 is 20.5 Å². The largest absolute Gasteiger partial charge is 0.395 e. The van der Waals surface area contributed by atoms with Crippen molar-refractivity contribution in [3.05, 3.63) is 0 Å². The minimum atomic E-state index is 0.123. The van der Waals surface area contributed by atoms with Gasteiger partial charge in [0.15, 0.2) is 5.96 Å². The van der Waals surface area contributed by atoms with E-state index in [9.17, 15) is 0 Å². The molecule has 2 fully saturated rings. The smallest absolute Gasteiger partial charge is 0.191 e. The molecule has 2 aliphatic rings. The van der Waals surface area contributed by atoms with E-state index in [4.69, 9.17) is 9.84 Å². The first-order chi connectivity index (χ1) is 8.76. The van der Waals surface area contributed by atoms with Crippen LogP contribution in [0.25, 0.3) is 0 Å². The summed E-state index contributed by atoms with van der Waals surface area (Å²) in [7, 11) is 1.76. The number of aliphatic imine (C=N–C) groups is 1. The van der Waals surface area contributed by atoms with Crippen LogP contribution in [0.15, 0.2) is 4.99 Å². The second kappa shape index (κ2) is 5.89. The third-order valence-corrected chi connectivity index (χ3v) is 4.38. The Labute approximate surface area is 109 Å². The van der Waals surface area contributed by atoms with Gasteiger partial charge in [0.05, 0.1) is 12.7 Å². The van der Waals surface area contributed by atoms with E-state index in [1.165, 1.54) is 19.3 Å². The molecule has 0 saturated heterocycles. The van der Waals surface area contributed by atoms with Gasteiger partial charge in [-0.05, 0) is 26.2 Å². The zero-order chi connectivity index (χ0) is 13.0. The highest BCUT2D eigenvalue weighted by molar-refractivity contribution is 5.80. The predicted molar refractivity (Wildman–Crippen MR) is 71.7 cm³/mol. The lowest BCUT2D eigenvalue weighted by atomic mass is 9.51. The second-order valence-corrected chi connectivity index (χ2v) is 5.19. The predicted octanol–water partition coefficient (Wildman–Crippen LogP) is 0.491. The lowest BCUT2D eigenvalue weighted by Crippen LogP contribution is -2.68. The van der Waals surface area contributed by atoms with Gasteiger partial charge in [-0.3, -0.25) is 4.99 Å². The summed E-state index contributed by atoms with van der Waals surface area (Å²) in [5, 5.41) is 15.4. The Balaban J connectivity index is 1.87. The zero-order valence-corrected chi connectivity index (χ0v) is 11.4. The maximum Gasteiger partial charge on any atom is 0.191 e. The molecule has 2 saturated carbocycles. The fourth-order valence-electron chi connectivity index (χ4n) is 3.17. The molecular weight excluding hydrogens is 230 g/mol. The molecule has 5 heteroatoms. The SMILES string of the molecule is CCOC1CC(NC(=NC)NCCO)C12CCC2. The van der Waals surface area contributed by atoms with Gasteiger partial charge >= 0.3 is 0 Å². The molecule has 0 heterocycles. The molecule has 0 aromatic rings. The van der Waals surface area contributed by atoms with E-state index >= 15 is 0 Å². The van der Waals surface area contributed by atoms with Crippen molar-refractivity contribution in [1.29, 1.82) is 0 Å². The maximum atomic E-state index is 8.82. The van der Waals surface area contributed by atoms with Gasteiger partial charge in [-0.25, -0.2) is 0 Å². The van der Waals surface area contributed by atoms with Crippen LogP contribution in [0.1, 0.15) is 32.6 Å². The first-order valence-corrected chi connectivity index (χ1v) is 6.96. The van der Waals surface area contributed by atoms with Crippen molar-refractivity contribution >= 4 is 5.96 Å². The standard InChI is InChI=1S/C13H25N3O2/c1-3-18-11-9-10(13(11)5-4-6-13)16-12(14-2)15-7-8-17/h10-11,17H,3-9H2,1-2H3,(H2,14,15,16). The number of hydrogen-bond donors (Lipinski definition) is 3. The van der Waals surface area contributed by atoms with E-state index in [2.05, 4.69) is 22.5 Å². The fraction of sp³-hybridized carbons (Fsp3) is 0.923. The second-order valence-electron chi connectivity index (χ2n) is 5.19. The van der Waals surface area contributed by atoms with Crippen LogP contribution < -0.4 is 10.6 Å². The number of hydrogen-bond acceptors (Lipinski definition) is 3. The number of nitrogens with zero attached hydrogens (tertiary/aromatic N) is 1. The summed E-state index contributed by atoms with van der Waals surface area (Å²) in [6, 6.07) is 0.465. The first kappa shape index (κ1) is 13.6. The molecule has 104 valence electrons. The molecule has 2 atom stereocenters. The van der Waals surface area contributed by atoms with Gasteiger partial charge in [-0.2, -0.15) is 0 Å². The summed E-state index contributed by atoms with van der Waals surface area (Å²) in [5.41, 5.74) is 0.340. The summed E-state index contributed by atoms with van der Waals surface area (Å²) in [6.07, 6.45) is 5.31. The molecule has 2 rings (SSSR count). The molecule has 0 radical (unpaired) electrons. The lowest BCUT2D eigenvalue weighted by molar-refractivity contribution is -0.168. The molecular formula is C13H25N3O2. The first-order valence-electron chi connectivity index (χ1n) is 6.96. The lowest BCUT2D eigenvalue weighted by Gasteiger charge is -2.61. The maximum absolute atomic E-state index is 8.82. The van der Waals surface area contributed by atoms with Crippen LogP contribution in [0, 0.1) is 5.41 Å². The van der Waals surface area contributed by atoms with Gasteiger partial charge in [-0.15, -0.1) is 0 Å². The van der Waals surface area contributed by atoms with Gasteiger partial charge in [-0.1, -0.05) is 6.42 Å². The van der Waals surface area contributed by atoms with Crippen molar-refractivity contribution in [3.8, 4) is 0 Å². The quantitative estimate of drug-likeness (QED) is 0.494. The van der Waals surface area contributed by atoms with Crippen LogP contribution in [0.5, 0.6) is 0 Å². The van der Waals surface area contributed by atoms with E-state index in [0.717, 1.165) is 19.0 Å². The molecule has 0 bridgehead atoms. The molecule has 0 aromatic heterocycles. The molecule has 0 amide bonds. The van der Waals surface area contributed by atoms with E-state index in [1.54, 1.807) is 7.05 Å². The van der Waals surface area contributed by atoms with Gasteiger partial charge in [0.25, 0.3) is 0 Å². The molecule has 0 aliphatic heterocycles. The third-order valence-electron chi connectivity index (χ3n) is 4.38. The Morgan fingerprint density at radius 2 is 2.28 bits per heavy atom. The molecule has 5 nitrogen and oxygen atoms in total. The minimum Gasteiger partial charge on any atom is -0.395 e. The Bertz CT molecular complexity index is 303. The number of aliphatic hydroxyl groups is 1. The van der Waals surface area contributed by atoms with Crippen LogP contribution in [0.4, 0.5) is 0 Å². The van der Waals surface area contributed by atoms with E-state index in [0.29, 0.717) is 24.1 Å². The molecule has 2 unspecified atom stereocenters. The van der Waals surface area contributed by atoms with Gasteiger partial charge in [0.1, 0.15) is 0 Å². The molecule has 3 N–H and O–H groups in total. The molecule has 18 heavy (non-hydrogen) atoms. The van der Waals surface area contributed by atoms with E-state index in [1.807, 2.05) is 0 Å². The summed E-state index contributed by atoms with van der Waals surface area (Å²) in [4.78, 5) is 4.18. The third kappa shape index (κ3) is 2.34. The minimum absolute atomic E-state index is 0.123. The van der Waals surface area contributed by atoms with Crippen LogP contribution in [0.3, 0.4) is 0 Å². The highest BCUT2D eigenvalue weighted by atomic mass is 16.5. The average molecular weight is 255 g/mol. The van der Waals surface area contributed by atoms with Crippen LogP contribution >= 0.6 is 0 Å². The molecule has 2 aliphatic carbocycles. The van der Waals surface area contributed by atoms with Crippen molar-refractivity contribution in [2.24, 2.45) is 10.4 Å². The zero-order valence-electron chi connectivity index (χ0n) is 11.4. The topological polar surface area (TPSA) is 65.9 Å². The van der Waals surface area contributed by atoms with Crippen molar-refractivity contribution < 1.29 is 9.84 Å². The summed E-state index contributed by atoms with van der Waals surface area (Å²) in [6.45, 7) is 3.53. The average Bonchev–Trinajstić information content (AvgIpc) is 2.29. The number of guanidine groups is 1. The number of rotatable bonds is 5.